The van der Waals surface area contributed by atoms with Gasteiger partial charge < -0.3 is 9.47 Å². The molecule has 1 saturated heterocycles. The summed E-state index contributed by atoms with van der Waals surface area (Å²) < 4.78 is 11.3. The van der Waals surface area contributed by atoms with Crippen LogP contribution in [0.5, 0.6) is 5.75 Å². The van der Waals surface area contributed by atoms with Gasteiger partial charge in [-0.25, -0.2) is 4.79 Å². The smallest absolute Gasteiger partial charge is 0.235 e. The lowest BCUT2D eigenvalue weighted by Gasteiger charge is -2.23. The van der Waals surface area contributed by atoms with E-state index in [1.54, 1.807) is 6.08 Å². The Kier molecular flexibility index (Phi) is 3.36. The van der Waals surface area contributed by atoms with Gasteiger partial charge in [0.2, 0.25) is 6.08 Å². The molecule has 1 aliphatic carbocycles. The number of benzene rings is 1. The molecule has 0 radical (unpaired) electrons. The zero-order valence-electron chi connectivity index (χ0n) is 10.8. The molecule has 2 aliphatic rings. The van der Waals surface area contributed by atoms with E-state index in [-0.39, 0.29) is 11.6 Å². The molecule has 0 unspecified atom stereocenters. The zero-order valence-corrected chi connectivity index (χ0v) is 10.8. The van der Waals surface area contributed by atoms with Gasteiger partial charge >= 0.3 is 0 Å². The van der Waals surface area contributed by atoms with Crippen LogP contribution < -0.4 is 4.74 Å². The molecule has 19 heavy (non-hydrogen) atoms. The van der Waals surface area contributed by atoms with Crippen LogP contribution >= 0.6 is 0 Å². The lowest BCUT2D eigenvalue weighted by molar-refractivity contribution is 0.0255. The molecule has 1 aliphatic heterocycles. The van der Waals surface area contributed by atoms with Crippen LogP contribution in [0.3, 0.4) is 0 Å². The largest absolute Gasteiger partial charge is 0.490 e. The van der Waals surface area contributed by atoms with E-state index in [2.05, 4.69) is 4.99 Å². The summed E-state index contributed by atoms with van der Waals surface area (Å²) in [6, 6.07) is 7.93. The Hall–Kier alpha value is -1.64. The molecule has 2 fully saturated rings. The molecular weight excluding hydrogens is 242 g/mol. The second-order valence-corrected chi connectivity index (χ2v) is 5.19. The molecule has 4 heteroatoms. The van der Waals surface area contributed by atoms with Gasteiger partial charge in [-0.05, 0) is 30.5 Å². The molecule has 1 aromatic carbocycles. The van der Waals surface area contributed by atoms with Gasteiger partial charge in [-0.15, -0.1) is 0 Å². The Labute approximate surface area is 112 Å². The predicted octanol–water partition coefficient (Wildman–Crippen LogP) is 2.57. The molecule has 0 atom stereocenters. The Morgan fingerprint density at radius 3 is 2.79 bits per heavy atom. The van der Waals surface area contributed by atoms with E-state index in [1.807, 2.05) is 24.3 Å². The molecule has 1 heterocycles. The summed E-state index contributed by atoms with van der Waals surface area (Å²) >= 11 is 0. The van der Waals surface area contributed by atoms with Crippen LogP contribution in [0.15, 0.2) is 29.3 Å². The van der Waals surface area contributed by atoms with Crippen molar-refractivity contribution >= 4 is 6.08 Å². The zero-order chi connectivity index (χ0) is 13.1. The number of rotatable bonds is 4. The SMILES string of the molecule is O=C=NC1(c2cccc(OC3CCOCC3)c2)CC1. The van der Waals surface area contributed by atoms with Crippen molar-refractivity contribution in [3.63, 3.8) is 0 Å². The molecule has 1 saturated carbocycles. The van der Waals surface area contributed by atoms with E-state index in [4.69, 9.17) is 9.47 Å². The van der Waals surface area contributed by atoms with Gasteiger partial charge in [0.05, 0.1) is 18.8 Å². The lowest BCUT2D eigenvalue weighted by atomic mass is 10.1. The Balaban J connectivity index is 1.74. The summed E-state index contributed by atoms with van der Waals surface area (Å²) in [5, 5.41) is 0. The van der Waals surface area contributed by atoms with Gasteiger partial charge in [0, 0.05) is 12.8 Å². The number of hydrogen-bond donors (Lipinski definition) is 0. The maximum atomic E-state index is 10.5. The van der Waals surface area contributed by atoms with Gasteiger partial charge in [0.1, 0.15) is 11.9 Å². The van der Waals surface area contributed by atoms with E-state index in [0.29, 0.717) is 0 Å². The van der Waals surface area contributed by atoms with E-state index >= 15 is 0 Å². The van der Waals surface area contributed by atoms with Crippen LogP contribution in [-0.4, -0.2) is 25.4 Å². The van der Waals surface area contributed by atoms with Crippen LogP contribution in [0.2, 0.25) is 0 Å². The van der Waals surface area contributed by atoms with Crippen molar-refractivity contribution in [2.45, 2.75) is 37.3 Å². The second-order valence-electron chi connectivity index (χ2n) is 5.19. The van der Waals surface area contributed by atoms with Crippen molar-refractivity contribution in [2.75, 3.05) is 13.2 Å². The van der Waals surface area contributed by atoms with Crippen LogP contribution in [0, 0.1) is 0 Å². The van der Waals surface area contributed by atoms with E-state index < -0.39 is 0 Å². The molecule has 0 bridgehead atoms. The maximum Gasteiger partial charge on any atom is 0.235 e. The van der Waals surface area contributed by atoms with Crippen molar-refractivity contribution in [3.8, 4) is 5.75 Å². The van der Waals surface area contributed by atoms with Gasteiger partial charge in [-0.3, -0.25) is 0 Å². The summed E-state index contributed by atoms with van der Waals surface area (Å²) in [5.74, 6) is 0.858. The molecule has 3 rings (SSSR count). The average Bonchev–Trinajstić information content (AvgIpc) is 3.22. The Morgan fingerprint density at radius 1 is 1.32 bits per heavy atom. The molecular formula is C15H17NO3. The highest BCUT2D eigenvalue weighted by Gasteiger charge is 2.44. The summed E-state index contributed by atoms with van der Waals surface area (Å²) in [7, 11) is 0. The van der Waals surface area contributed by atoms with Crippen molar-refractivity contribution in [2.24, 2.45) is 4.99 Å². The number of ether oxygens (including phenoxy) is 2. The molecule has 1 aromatic rings. The van der Waals surface area contributed by atoms with Crippen LogP contribution in [-0.2, 0) is 15.1 Å². The predicted molar refractivity (Wildman–Crippen MR) is 69.9 cm³/mol. The molecule has 0 N–H and O–H groups in total. The third-order valence-electron chi connectivity index (χ3n) is 3.83. The van der Waals surface area contributed by atoms with E-state index in [1.165, 1.54) is 0 Å². The molecule has 4 nitrogen and oxygen atoms in total. The maximum absolute atomic E-state index is 10.5. The van der Waals surface area contributed by atoms with Gasteiger partial charge in [-0.2, -0.15) is 4.99 Å². The van der Waals surface area contributed by atoms with Gasteiger partial charge in [-0.1, -0.05) is 12.1 Å². The summed E-state index contributed by atoms with van der Waals surface area (Å²) in [5.41, 5.74) is 0.733. The Bertz CT molecular complexity index is 498. The third kappa shape index (κ3) is 2.70. The number of isocyanates is 1. The summed E-state index contributed by atoms with van der Waals surface area (Å²) in [4.78, 5) is 14.4. The first-order chi connectivity index (χ1) is 9.32. The number of carbonyl (C=O) groups excluding carboxylic acids is 1. The quantitative estimate of drug-likeness (QED) is 0.616. The van der Waals surface area contributed by atoms with Crippen molar-refractivity contribution in [3.05, 3.63) is 29.8 Å². The monoisotopic (exact) mass is 259 g/mol. The highest BCUT2D eigenvalue weighted by Crippen LogP contribution is 2.49. The minimum atomic E-state index is -0.323. The third-order valence-corrected chi connectivity index (χ3v) is 3.83. The summed E-state index contributed by atoms with van der Waals surface area (Å²) in [6.07, 6.45) is 5.62. The fourth-order valence-corrected chi connectivity index (χ4v) is 2.52. The first-order valence-corrected chi connectivity index (χ1v) is 6.76. The van der Waals surface area contributed by atoms with Crippen molar-refractivity contribution in [1.82, 2.24) is 0 Å². The Morgan fingerprint density at radius 2 is 2.11 bits per heavy atom. The molecule has 0 amide bonds. The topological polar surface area (TPSA) is 47.9 Å². The van der Waals surface area contributed by atoms with Crippen LogP contribution in [0.25, 0.3) is 0 Å². The molecule has 0 aromatic heterocycles. The first kappa shape index (κ1) is 12.4. The minimum absolute atomic E-state index is 0.230. The highest BCUT2D eigenvalue weighted by atomic mass is 16.5. The van der Waals surface area contributed by atoms with Gasteiger partial charge in [0.25, 0.3) is 0 Å². The highest BCUT2D eigenvalue weighted by molar-refractivity contribution is 5.43. The number of nitrogens with zero attached hydrogens (tertiary/aromatic N) is 1. The van der Waals surface area contributed by atoms with E-state index in [9.17, 15) is 4.79 Å². The lowest BCUT2D eigenvalue weighted by Crippen LogP contribution is -2.25. The fraction of sp³-hybridized carbons (Fsp3) is 0.533. The standard InChI is InChI=1S/C15H17NO3/c17-11-16-15(6-7-15)12-2-1-3-14(10-12)19-13-4-8-18-9-5-13/h1-3,10,13H,4-9H2. The van der Waals surface area contributed by atoms with Gasteiger partial charge in [0.15, 0.2) is 0 Å². The van der Waals surface area contributed by atoms with Crippen molar-refractivity contribution in [1.29, 1.82) is 0 Å². The molecule has 100 valence electrons. The van der Waals surface area contributed by atoms with Crippen LogP contribution in [0.4, 0.5) is 0 Å². The number of hydrogen-bond acceptors (Lipinski definition) is 4. The first-order valence-electron chi connectivity index (χ1n) is 6.76. The number of aliphatic imine (C=N–C) groups is 1. The fourth-order valence-electron chi connectivity index (χ4n) is 2.52. The molecule has 0 spiro atoms. The van der Waals surface area contributed by atoms with Crippen molar-refractivity contribution < 1.29 is 14.3 Å². The minimum Gasteiger partial charge on any atom is -0.490 e. The normalized spacial score (nSPS) is 21.5. The van der Waals surface area contributed by atoms with E-state index in [0.717, 1.165) is 50.2 Å². The second kappa shape index (κ2) is 5.16. The van der Waals surface area contributed by atoms with Crippen LogP contribution in [0.1, 0.15) is 31.2 Å². The summed E-state index contributed by atoms with van der Waals surface area (Å²) in [6.45, 7) is 1.54. The average molecular weight is 259 g/mol.